The van der Waals surface area contributed by atoms with E-state index in [1.807, 2.05) is 49.6 Å². The number of hydrogen-bond donors (Lipinski definition) is 0. The normalized spacial score (nSPS) is 18.1. The van der Waals surface area contributed by atoms with Crippen LogP contribution in [0.4, 0.5) is 0 Å². The van der Waals surface area contributed by atoms with E-state index < -0.39 is 12.0 Å². The average molecular weight is 393 g/mol. The fourth-order valence-corrected chi connectivity index (χ4v) is 4.26. The first-order valence-electron chi connectivity index (χ1n) is 7.64. The second kappa shape index (κ2) is 9.22. The first-order valence-corrected chi connectivity index (χ1v) is 10.3. The van der Waals surface area contributed by atoms with Crippen LogP contribution in [0.2, 0.25) is 0 Å². The number of benzene rings is 1. The number of thiocarbonyl (C=S) groups is 1. The van der Waals surface area contributed by atoms with E-state index in [0.29, 0.717) is 17.1 Å². The molecule has 1 aliphatic rings. The van der Waals surface area contributed by atoms with Crippen molar-refractivity contribution >= 4 is 58.0 Å². The summed E-state index contributed by atoms with van der Waals surface area (Å²) in [5, 5.41) is 11.4. The predicted octanol–water partition coefficient (Wildman–Crippen LogP) is 2.71. The molecular weight excluding hydrogens is 374 g/mol. The highest BCUT2D eigenvalue weighted by Crippen LogP contribution is 2.34. The molecule has 0 spiro atoms. The van der Waals surface area contributed by atoms with Gasteiger partial charge in [-0.2, -0.15) is 11.8 Å². The maximum atomic E-state index is 12.6. The van der Waals surface area contributed by atoms with E-state index in [4.69, 9.17) is 12.2 Å². The summed E-state index contributed by atoms with van der Waals surface area (Å²) in [6, 6.07) is 8.73. The Morgan fingerprint density at radius 1 is 1.40 bits per heavy atom. The molecule has 4 nitrogen and oxygen atoms in total. The summed E-state index contributed by atoms with van der Waals surface area (Å²) in [6.45, 7) is 1.89. The number of amides is 1. The Morgan fingerprint density at radius 3 is 2.68 bits per heavy atom. The van der Waals surface area contributed by atoms with Crippen LogP contribution < -0.4 is 5.11 Å². The second-order valence-corrected chi connectivity index (χ2v) is 8.13. The van der Waals surface area contributed by atoms with E-state index in [2.05, 4.69) is 0 Å². The highest BCUT2D eigenvalue weighted by molar-refractivity contribution is 8.26. The number of carbonyl (C=O) groups excluding carboxylic acids is 2. The van der Waals surface area contributed by atoms with Crippen molar-refractivity contribution in [3.05, 3.63) is 52.4 Å². The number of allylic oxidation sites excluding steroid dienone is 2. The fourth-order valence-electron chi connectivity index (χ4n) is 2.39. The van der Waals surface area contributed by atoms with Gasteiger partial charge in [0.2, 0.25) is 0 Å². The van der Waals surface area contributed by atoms with Gasteiger partial charge < -0.3 is 9.90 Å². The van der Waals surface area contributed by atoms with Crippen LogP contribution in [-0.4, -0.2) is 39.1 Å². The van der Waals surface area contributed by atoms with Gasteiger partial charge in [0.15, 0.2) is 0 Å². The van der Waals surface area contributed by atoms with Crippen LogP contribution in [0, 0.1) is 0 Å². The number of nitrogens with zero attached hydrogens (tertiary/aromatic N) is 1. The van der Waals surface area contributed by atoms with Crippen molar-refractivity contribution in [2.75, 3.05) is 12.0 Å². The number of thioether (sulfide) groups is 2. The van der Waals surface area contributed by atoms with Gasteiger partial charge >= 0.3 is 0 Å². The van der Waals surface area contributed by atoms with Crippen molar-refractivity contribution in [3.63, 3.8) is 0 Å². The van der Waals surface area contributed by atoms with Crippen molar-refractivity contribution < 1.29 is 14.7 Å². The zero-order chi connectivity index (χ0) is 18.4. The van der Waals surface area contributed by atoms with Gasteiger partial charge in [0.05, 0.1) is 16.9 Å². The quantitative estimate of drug-likeness (QED) is 0.525. The highest BCUT2D eigenvalue weighted by Gasteiger charge is 2.37. The van der Waals surface area contributed by atoms with E-state index >= 15 is 0 Å². The maximum absolute atomic E-state index is 12.6. The smallest absolute Gasteiger partial charge is 0.266 e. The Hall–Kier alpha value is -1.57. The molecule has 1 amide bonds. The molecule has 0 saturated carbocycles. The number of carboxylic acid groups (broad SMARTS) is 1. The molecule has 1 aromatic rings. The van der Waals surface area contributed by atoms with Gasteiger partial charge in [0, 0.05) is 0 Å². The largest absolute Gasteiger partial charge is 0.548 e. The van der Waals surface area contributed by atoms with Crippen LogP contribution in [0.1, 0.15) is 18.9 Å². The number of aliphatic carboxylic acids is 1. The summed E-state index contributed by atoms with van der Waals surface area (Å²) in [5.41, 5.74) is 1.92. The van der Waals surface area contributed by atoms with Crippen LogP contribution in [0.15, 0.2) is 46.9 Å². The predicted molar refractivity (Wildman–Crippen MR) is 107 cm³/mol. The van der Waals surface area contributed by atoms with E-state index in [0.717, 1.165) is 22.9 Å². The SMILES string of the molecule is CSCC[C@H](C(=O)[O-])N1C(=O)/C(=C/C(C)=C/c2ccccc2)SC1=S. The van der Waals surface area contributed by atoms with Gasteiger partial charge in [-0.1, -0.05) is 60.4 Å². The molecule has 7 heteroatoms. The molecule has 1 atom stereocenters. The second-order valence-electron chi connectivity index (χ2n) is 5.47. The molecule has 132 valence electrons. The zero-order valence-electron chi connectivity index (χ0n) is 13.9. The third-order valence-electron chi connectivity index (χ3n) is 3.56. The van der Waals surface area contributed by atoms with E-state index in [1.54, 1.807) is 6.08 Å². The standard InChI is InChI=1S/C18H19NO3S3/c1-12(10-13-6-4-3-5-7-13)11-15-16(20)19(18(23)25-15)14(17(21)22)8-9-24-2/h3-7,10-11,14H,8-9H2,1-2H3,(H,21,22)/p-1/b12-10+,15-11-/t14-/m1/s1. The molecule has 0 N–H and O–H groups in total. The summed E-state index contributed by atoms with van der Waals surface area (Å²) < 4.78 is 0.263. The van der Waals surface area contributed by atoms with Gasteiger partial charge in [-0.3, -0.25) is 9.69 Å². The molecule has 2 rings (SSSR count). The lowest BCUT2D eigenvalue weighted by molar-refractivity contribution is -0.310. The summed E-state index contributed by atoms with van der Waals surface area (Å²) in [4.78, 5) is 25.7. The summed E-state index contributed by atoms with van der Waals surface area (Å²) >= 11 is 7.88. The Labute approximate surface area is 161 Å². The minimum Gasteiger partial charge on any atom is -0.548 e. The lowest BCUT2D eigenvalue weighted by atomic mass is 10.1. The minimum atomic E-state index is -1.27. The Morgan fingerprint density at radius 2 is 2.08 bits per heavy atom. The van der Waals surface area contributed by atoms with Gasteiger partial charge in [0.1, 0.15) is 4.32 Å². The molecule has 0 aliphatic carbocycles. The van der Waals surface area contributed by atoms with Crippen LogP contribution in [0.5, 0.6) is 0 Å². The molecule has 0 radical (unpaired) electrons. The van der Waals surface area contributed by atoms with Gasteiger partial charge in [-0.05, 0) is 42.6 Å². The fraction of sp³-hybridized carbons (Fsp3) is 0.278. The van der Waals surface area contributed by atoms with Gasteiger partial charge in [-0.15, -0.1) is 0 Å². The average Bonchev–Trinajstić information content (AvgIpc) is 2.83. The third-order valence-corrected chi connectivity index (χ3v) is 5.53. The van der Waals surface area contributed by atoms with Gasteiger partial charge in [0.25, 0.3) is 5.91 Å². The van der Waals surface area contributed by atoms with Crippen molar-refractivity contribution in [2.24, 2.45) is 0 Å². The Bertz CT molecular complexity index is 728. The van der Waals surface area contributed by atoms with Crippen LogP contribution in [-0.2, 0) is 9.59 Å². The Balaban J connectivity index is 2.22. The molecule has 1 fully saturated rings. The number of carbonyl (C=O) groups is 2. The molecular formula is C18H18NO3S3-. The highest BCUT2D eigenvalue weighted by atomic mass is 32.2. The molecule has 1 aliphatic heterocycles. The summed E-state index contributed by atoms with van der Waals surface area (Å²) in [6.07, 6.45) is 5.89. The monoisotopic (exact) mass is 392 g/mol. The van der Waals surface area contributed by atoms with Crippen LogP contribution >= 0.6 is 35.7 Å². The minimum absolute atomic E-state index is 0.263. The third kappa shape index (κ3) is 5.20. The molecule has 0 unspecified atom stereocenters. The van der Waals surface area contributed by atoms with E-state index in [1.165, 1.54) is 16.7 Å². The van der Waals surface area contributed by atoms with Gasteiger partial charge in [-0.25, -0.2) is 0 Å². The topological polar surface area (TPSA) is 60.4 Å². The first-order chi connectivity index (χ1) is 11.9. The molecule has 1 aromatic carbocycles. The number of carboxylic acids is 1. The van der Waals surface area contributed by atoms with E-state index in [-0.39, 0.29) is 10.2 Å². The lowest BCUT2D eigenvalue weighted by Crippen LogP contribution is -2.50. The van der Waals surface area contributed by atoms with Crippen molar-refractivity contribution in [3.8, 4) is 0 Å². The van der Waals surface area contributed by atoms with Crippen LogP contribution in [0.25, 0.3) is 6.08 Å². The summed E-state index contributed by atoms with van der Waals surface area (Å²) in [5.74, 6) is -1.03. The van der Waals surface area contributed by atoms with Crippen molar-refractivity contribution in [1.82, 2.24) is 4.90 Å². The Kier molecular flexibility index (Phi) is 7.28. The van der Waals surface area contributed by atoms with Crippen molar-refractivity contribution in [1.29, 1.82) is 0 Å². The molecule has 25 heavy (non-hydrogen) atoms. The lowest BCUT2D eigenvalue weighted by Gasteiger charge is -2.27. The molecule has 1 saturated heterocycles. The number of rotatable bonds is 7. The molecule has 0 bridgehead atoms. The van der Waals surface area contributed by atoms with Crippen LogP contribution in [0.3, 0.4) is 0 Å². The zero-order valence-corrected chi connectivity index (χ0v) is 16.4. The van der Waals surface area contributed by atoms with E-state index in [9.17, 15) is 14.7 Å². The molecule has 0 aromatic heterocycles. The van der Waals surface area contributed by atoms with Crippen molar-refractivity contribution in [2.45, 2.75) is 19.4 Å². The number of hydrogen-bond acceptors (Lipinski definition) is 6. The molecule has 1 heterocycles. The maximum Gasteiger partial charge on any atom is 0.266 e. The summed E-state index contributed by atoms with van der Waals surface area (Å²) in [7, 11) is 0. The first kappa shape index (κ1) is 19.8.